The molecule has 0 saturated carbocycles. The zero-order valence-corrected chi connectivity index (χ0v) is 10.2. The number of aliphatic hydroxyl groups is 1. The summed E-state index contributed by atoms with van der Waals surface area (Å²) in [5.74, 6) is 0.687. The maximum atomic E-state index is 9.03. The van der Waals surface area contributed by atoms with Crippen LogP contribution in [0.4, 0.5) is 0 Å². The van der Waals surface area contributed by atoms with Crippen molar-refractivity contribution in [1.29, 1.82) is 0 Å². The molecule has 0 aromatic carbocycles. The van der Waals surface area contributed by atoms with Crippen molar-refractivity contribution in [2.75, 3.05) is 51.4 Å². The van der Waals surface area contributed by atoms with E-state index in [1.807, 2.05) is 0 Å². The number of ether oxygens (including phenoxy) is 3. The molecule has 1 N–H and O–H groups in total. The fourth-order valence-corrected chi connectivity index (χ4v) is 0.956. The second-order valence-electron chi connectivity index (χ2n) is 2.80. The third kappa shape index (κ3) is 12.4. The maximum absolute atomic E-state index is 9.03. The van der Waals surface area contributed by atoms with E-state index in [0.29, 0.717) is 38.9 Å². The van der Waals surface area contributed by atoms with Crippen molar-refractivity contribution < 1.29 is 19.3 Å². The van der Waals surface area contributed by atoms with Crippen LogP contribution in [0.15, 0.2) is 0 Å². The monoisotopic (exact) mass is 260 g/mol. The van der Waals surface area contributed by atoms with E-state index >= 15 is 0 Å². The van der Waals surface area contributed by atoms with Crippen molar-refractivity contribution in [1.82, 2.24) is 0 Å². The molecule has 0 radical (unpaired) electrons. The highest BCUT2D eigenvalue weighted by Gasteiger charge is 2.00. The molecule has 0 heterocycles. The van der Waals surface area contributed by atoms with Crippen LogP contribution in [0, 0.1) is 0 Å². The summed E-state index contributed by atoms with van der Waals surface area (Å²) >= 11 is 10.8. The van der Waals surface area contributed by atoms with Gasteiger partial charge in [0.25, 0.3) is 0 Å². The number of rotatable bonds is 11. The van der Waals surface area contributed by atoms with Crippen molar-refractivity contribution in [3.63, 3.8) is 0 Å². The second-order valence-corrected chi connectivity index (χ2v) is 3.48. The molecular formula is C9H18Cl2O4. The lowest BCUT2D eigenvalue weighted by Crippen LogP contribution is -2.19. The van der Waals surface area contributed by atoms with E-state index < -0.39 is 6.10 Å². The van der Waals surface area contributed by atoms with Crippen molar-refractivity contribution in [2.24, 2.45) is 0 Å². The van der Waals surface area contributed by atoms with Gasteiger partial charge in [0, 0.05) is 5.88 Å². The molecular weight excluding hydrogens is 243 g/mol. The van der Waals surface area contributed by atoms with Crippen LogP contribution in [-0.2, 0) is 14.2 Å². The van der Waals surface area contributed by atoms with E-state index in [1.165, 1.54) is 0 Å². The molecule has 4 nitrogen and oxygen atoms in total. The first-order valence-electron chi connectivity index (χ1n) is 4.84. The molecule has 0 aliphatic heterocycles. The molecule has 0 saturated heterocycles. The molecule has 6 heteroatoms. The summed E-state index contributed by atoms with van der Waals surface area (Å²) in [6, 6.07) is 0. The average Bonchev–Trinajstić information content (AvgIpc) is 2.26. The summed E-state index contributed by atoms with van der Waals surface area (Å²) in [7, 11) is 0. The number of halogens is 2. The molecule has 0 aliphatic rings. The summed E-state index contributed by atoms with van der Waals surface area (Å²) in [6.07, 6.45) is -0.598. The zero-order chi connectivity index (χ0) is 11.4. The number of hydrogen-bond acceptors (Lipinski definition) is 4. The second kappa shape index (κ2) is 12.5. The Bertz CT molecular complexity index is 127. The van der Waals surface area contributed by atoms with Crippen LogP contribution in [0.25, 0.3) is 0 Å². The summed E-state index contributed by atoms with van der Waals surface area (Å²) in [5, 5.41) is 9.03. The molecule has 1 atom stereocenters. The molecule has 0 bridgehead atoms. The van der Waals surface area contributed by atoms with E-state index in [2.05, 4.69) is 0 Å². The van der Waals surface area contributed by atoms with E-state index in [1.54, 1.807) is 0 Å². The minimum absolute atomic E-state index is 0.188. The molecule has 0 rings (SSSR count). The van der Waals surface area contributed by atoms with E-state index in [0.717, 1.165) is 0 Å². The molecule has 1 unspecified atom stereocenters. The first kappa shape index (κ1) is 15.4. The van der Waals surface area contributed by atoms with Gasteiger partial charge in [0.2, 0.25) is 0 Å². The van der Waals surface area contributed by atoms with Crippen molar-refractivity contribution in [3.05, 3.63) is 0 Å². The Hall–Kier alpha value is 0.420. The number of aliphatic hydroxyl groups excluding tert-OH is 1. The van der Waals surface area contributed by atoms with Gasteiger partial charge < -0.3 is 19.3 Å². The van der Waals surface area contributed by atoms with Gasteiger partial charge in [-0.3, -0.25) is 0 Å². The van der Waals surface area contributed by atoms with Gasteiger partial charge in [0.15, 0.2) is 0 Å². The molecule has 0 aromatic rings. The topological polar surface area (TPSA) is 47.9 Å². The van der Waals surface area contributed by atoms with E-state index in [-0.39, 0.29) is 12.5 Å². The Morgan fingerprint density at radius 2 is 1.40 bits per heavy atom. The van der Waals surface area contributed by atoms with Gasteiger partial charge >= 0.3 is 0 Å². The number of hydrogen-bond donors (Lipinski definition) is 1. The normalized spacial score (nSPS) is 13.0. The minimum atomic E-state index is -0.598. The average molecular weight is 261 g/mol. The van der Waals surface area contributed by atoms with Crippen molar-refractivity contribution in [2.45, 2.75) is 6.10 Å². The Morgan fingerprint density at radius 1 is 0.867 bits per heavy atom. The van der Waals surface area contributed by atoms with Crippen LogP contribution in [0.1, 0.15) is 0 Å². The van der Waals surface area contributed by atoms with Gasteiger partial charge in [-0.2, -0.15) is 0 Å². The zero-order valence-electron chi connectivity index (χ0n) is 8.66. The SMILES string of the molecule is OC(CCl)COCCOCCOCCCl. The first-order valence-corrected chi connectivity index (χ1v) is 5.91. The quantitative estimate of drug-likeness (QED) is 0.443. The third-order valence-corrected chi connectivity index (χ3v) is 1.96. The standard InChI is InChI=1S/C9H18Cl2O4/c10-1-2-13-3-4-14-5-6-15-8-9(12)7-11/h9,12H,1-8H2. The van der Waals surface area contributed by atoms with Crippen molar-refractivity contribution >= 4 is 23.2 Å². The van der Waals surface area contributed by atoms with E-state index in [4.69, 9.17) is 42.5 Å². The van der Waals surface area contributed by atoms with Crippen molar-refractivity contribution in [3.8, 4) is 0 Å². The van der Waals surface area contributed by atoms with Gasteiger partial charge in [-0.1, -0.05) is 0 Å². The molecule has 0 fully saturated rings. The van der Waals surface area contributed by atoms with E-state index in [9.17, 15) is 0 Å². The van der Waals surface area contributed by atoms with Gasteiger partial charge in [-0.15, -0.1) is 23.2 Å². The maximum Gasteiger partial charge on any atom is 0.0908 e. The molecule has 0 aromatic heterocycles. The lowest BCUT2D eigenvalue weighted by atomic mass is 10.4. The summed E-state index contributed by atoms with van der Waals surface area (Å²) in [6.45, 7) is 2.79. The molecule has 0 amide bonds. The van der Waals surface area contributed by atoms with Gasteiger partial charge in [0.1, 0.15) is 0 Å². The van der Waals surface area contributed by atoms with Gasteiger partial charge in [-0.25, -0.2) is 0 Å². The van der Waals surface area contributed by atoms with Gasteiger partial charge in [0.05, 0.1) is 51.6 Å². The molecule has 15 heavy (non-hydrogen) atoms. The third-order valence-electron chi connectivity index (χ3n) is 1.45. The Balaban J connectivity index is 2.92. The highest BCUT2D eigenvalue weighted by Crippen LogP contribution is 1.89. The highest BCUT2D eigenvalue weighted by atomic mass is 35.5. The summed E-state index contributed by atoms with van der Waals surface area (Å²) in [5.41, 5.74) is 0. The predicted molar refractivity (Wildman–Crippen MR) is 59.9 cm³/mol. The lowest BCUT2D eigenvalue weighted by Gasteiger charge is -2.08. The van der Waals surface area contributed by atoms with Crippen LogP contribution in [0.5, 0.6) is 0 Å². The predicted octanol–water partition coefficient (Wildman–Crippen LogP) is 0.875. The molecule has 0 aliphatic carbocycles. The lowest BCUT2D eigenvalue weighted by molar-refractivity contribution is -0.00389. The fourth-order valence-electron chi connectivity index (χ4n) is 0.758. The molecule has 92 valence electrons. The summed E-state index contributed by atoms with van der Waals surface area (Å²) in [4.78, 5) is 0. The van der Waals surface area contributed by atoms with Crippen LogP contribution in [0.2, 0.25) is 0 Å². The Kier molecular flexibility index (Phi) is 12.8. The Labute approximate surface area is 100 Å². The largest absolute Gasteiger partial charge is 0.389 e. The number of alkyl halides is 2. The van der Waals surface area contributed by atoms with Crippen LogP contribution < -0.4 is 0 Å². The van der Waals surface area contributed by atoms with Crippen LogP contribution in [0.3, 0.4) is 0 Å². The molecule has 0 spiro atoms. The smallest absolute Gasteiger partial charge is 0.0908 e. The van der Waals surface area contributed by atoms with Crippen LogP contribution >= 0.6 is 23.2 Å². The highest BCUT2D eigenvalue weighted by molar-refractivity contribution is 6.18. The fraction of sp³-hybridized carbons (Fsp3) is 1.00. The minimum Gasteiger partial charge on any atom is -0.389 e. The first-order chi connectivity index (χ1) is 7.31. The summed E-state index contributed by atoms with van der Waals surface area (Å²) < 4.78 is 15.4. The van der Waals surface area contributed by atoms with Gasteiger partial charge in [-0.05, 0) is 0 Å². The Morgan fingerprint density at radius 3 is 1.93 bits per heavy atom. The van der Waals surface area contributed by atoms with Crippen LogP contribution in [-0.4, -0.2) is 62.6 Å².